The molecular weight excluding hydrogens is 1340 g/mol. The van der Waals surface area contributed by atoms with E-state index in [4.69, 9.17) is 0 Å². The monoisotopic (exact) mass is 1450 g/mol. The molecule has 0 spiro atoms. The van der Waals surface area contributed by atoms with Crippen molar-refractivity contribution in [3.05, 3.63) is 140 Å². The van der Waals surface area contributed by atoms with Crippen LogP contribution in [0.15, 0.2) is 140 Å². The molecule has 0 aliphatic rings. The summed E-state index contributed by atoms with van der Waals surface area (Å²) in [6.07, 6.45) is 45.2. The minimum absolute atomic E-state index is 0. The molecule has 17 heteroatoms. The Labute approximate surface area is 577 Å². The fourth-order valence-corrected chi connectivity index (χ4v) is 9.29. The van der Waals surface area contributed by atoms with Crippen molar-refractivity contribution in [2.45, 2.75) is 276 Å². The van der Waals surface area contributed by atoms with Crippen LogP contribution in [-0.4, -0.2) is 53.2 Å². The van der Waals surface area contributed by atoms with Gasteiger partial charge in [-0.3, -0.25) is 14.4 Å². The van der Waals surface area contributed by atoms with Crippen LogP contribution in [0.3, 0.4) is 0 Å². The Hall–Kier alpha value is -6.04. The van der Waals surface area contributed by atoms with Crippen LogP contribution in [0.4, 0.5) is 0 Å². The van der Waals surface area contributed by atoms with Gasteiger partial charge in [0.05, 0.1) is 35.8 Å². The molecule has 0 amide bonds. The van der Waals surface area contributed by atoms with Crippen LogP contribution in [0, 0.1) is 0 Å². The summed E-state index contributed by atoms with van der Waals surface area (Å²) in [6, 6.07) is 0. The van der Waals surface area contributed by atoms with Gasteiger partial charge in [-0.2, -0.15) is 0 Å². The fraction of sp³-hybridized carbons (Fsp3) is 0.560. The molecule has 0 N–H and O–H groups in total. The zero-order chi connectivity index (χ0) is 68.8. The minimum atomic E-state index is -1.67. The number of hydrogen-bond acceptors (Lipinski definition) is 15. The van der Waals surface area contributed by atoms with Crippen LogP contribution in [0.1, 0.15) is 276 Å². The summed E-state index contributed by atoms with van der Waals surface area (Å²) < 4.78 is 0. The molecule has 0 saturated heterocycles. The molecule has 514 valence electrons. The van der Waals surface area contributed by atoms with Gasteiger partial charge in [0.1, 0.15) is 0 Å². The second-order valence-corrected chi connectivity index (χ2v) is 21.6. The van der Waals surface area contributed by atoms with Crippen LogP contribution in [0.2, 0.25) is 0 Å². The van der Waals surface area contributed by atoms with Gasteiger partial charge in [-0.1, -0.05) is 233 Å². The standard InChI is InChI=1S/3C25H38O5.2Ru/c3*1-5-9-11-13-15-17-19(7-3)21(24(27)28)23(26)22(25(29)30)20(8-4)18-16-14-12-10-6-2;;/h3*15-18H,5-14H2,1-4H3,(H,27,28)(H,29,30);;/q;;;2*+3/p-6. The quantitative estimate of drug-likeness (QED) is 0.0137. The van der Waals surface area contributed by atoms with Gasteiger partial charge in [-0.05, 0) is 149 Å². The van der Waals surface area contributed by atoms with Crippen molar-refractivity contribution in [2.75, 3.05) is 0 Å². The molecule has 0 saturated carbocycles. The summed E-state index contributed by atoms with van der Waals surface area (Å²) in [5.41, 5.74) is -2.05. The number of ketones is 3. The third-order valence-corrected chi connectivity index (χ3v) is 14.6. The number of carboxylic acids is 6. The normalized spacial score (nSPS) is 13.2. The van der Waals surface area contributed by atoms with E-state index in [1.807, 2.05) is 36.5 Å². The van der Waals surface area contributed by atoms with Gasteiger partial charge in [0.15, 0.2) is 17.3 Å². The van der Waals surface area contributed by atoms with Gasteiger partial charge in [0.25, 0.3) is 0 Å². The first-order valence-electron chi connectivity index (χ1n) is 33.4. The molecular formula is C75H108O15Ru2. The molecule has 0 fully saturated rings. The van der Waals surface area contributed by atoms with E-state index in [9.17, 15) is 73.8 Å². The van der Waals surface area contributed by atoms with Crippen molar-refractivity contribution in [3.8, 4) is 0 Å². The maximum absolute atomic E-state index is 13.0. The minimum Gasteiger partial charge on any atom is -0.545 e. The number of carbonyl (C=O) groups is 9. The van der Waals surface area contributed by atoms with Gasteiger partial charge in [0, 0.05) is 33.4 Å². The van der Waals surface area contributed by atoms with E-state index in [-0.39, 0.29) is 111 Å². The number of unbranched alkanes of at least 4 members (excludes halogenated alkanes) is 18. The van der Waals surface area contributed by atoms with Crippen LogP contribution >= 0.6 is 0 Å². The van der Waals surface area contributed by atoms with Gasteiger partial charge in [0.2, 0.25) is 0 Å². The predicted molar refractivity (Wildman–Crippen MR) is 349 cm³/mol. The van der Waals surface area contributed by atoms with E-state index in [2.05, 4.69) is 41.5 Å². The van der Waals surface area contributed by atoms with Crippen molar-refractivity contribution < 1.29 is 113 Å². The number of rotatable bonds is 48. The number of carboxylic acid groups (broad SMARTS) is 6. The van der Waals surface area contributed by atoms with Crippen molar-refractivity contribution in [1.82, 2.24) is 0 Å². The summed E-state index contributed by atoms with van der Waals surface area (Å²) in [5.74, 6) is -13.2. The van der Waals surface area contributed by atoms with Crippen LogP contribution in [-0.2, 0) is 82.1 Å². The Morgan fingerprint density at radius 2 is 0.337 bits per heavy atom. The number of carbonyl (C=O) groups excluding carboxylic acids is 9. The van der Waals surface area contributed by atoms with Gasteiger partial charge in [-0.25, -0.2) is 0 Å². The van der Waals surface area contributed by atoms with Crippen molar-refractivity contribution in [2.24, 2.45) is 0 Å². The second-order valence-electron chi connectivity index (χ2n) is 21.6. The van der Waals surface area contributed by atoms with Crippen molar-refractivity contribution in [3.63, 3.8) is 0 Å². The summed E-state index contributed by atoms with van der Waals surface area (Å²) in [4.78, 5) is 110. The summed E-state index contributed by atoms with van der Waals surface area (Å²) in [5, 5.41) is 70.6. The molecule has 0 atom stereocenters. The molecule has 0 aliphatic heterocycles. The van der Waals surface area contributed by atoms with E-state index in [0.717, 1.165) is 154 Å². The van der Waals surface area contributed by atoms with Gasteiger partial charge < -0.3 is 59.4 Å². The maximum atomic E-state index is 13.0. The number of Topliss-reactive ketones (excluding diaryl/α,β-unsaturated/α-hetero) is 3. The molecule has 0 aliphatic carbocycles. The third kappa shape index (κ3) is 40.2. The molecule has 0 heterocycles. The second kappa shape index (κ2) is 61.2. The zero-order valence-corrected chi connectivity index (χ0v) is 60.9. The van der Waals surface area contributed by atoms with E-state index in [0.29, 0.717) is 0 Å². The average Bonchev–Trinajstić information content (AvgIpc) is 0.867. The first-order valence-corrected chi connectivity index (χ1v) is 33.4. The number of allylic oxidation sites excluding steroid dienone is 18. The maximum Gasteiger partial charge on any atom is 3.00 e. The molecule has 92 heavy (non-hydrogen) atoms. The van der Waals surface area contributed by atoms with Crippen molar-refractivity contribution in [1.29, 1.82) is 0 Å². The Balaban J connectivity index is -0.000000407. The molecule has 0 aromatic carbocycles. The summed E-state index contributed by atoms with van der Waals surface area (Å²) >= 11 is 0. The van der Waals surface area contributed by atoms with Gasteiger partial charge >= 0.3 is 39.0 Å². The van der Waals surface area contributed by atoms with Crippen LogP contribution in [0.5, 0.6) is 0 Å². The molecule has 15 nitrogen and oxygen atoms in total. The molecule has 0 aromatic heterocycles. The topological polar surface area (TPSA) is 292 Å². The predicted octanol–water partition coefficient (Wildman–Crippen LogP) is 11.2. The number of aliphatic carboxylic acids is 6. The smallest absolute Gasteiger partial charge is 0.545 e. The van der Waals surface area contributed by atoms with E-state index in [1.165, 1.54) is 0 Å². The van der Waals surface area contributed by atoms with E-state index < -0.39 is 86.6 Å². The Kier molecular flexibility index (Phi) is 62.9. The molecule has 0 unspecified atom stereocenters. The molecule has 0 aromatic rings. The summed E-state index contributed by atoms with van der Waals surface area (Å²) in [7, 11) is 0. The SMILES string of the molecule is CCCCCC=CC(CC)=C(C(=O)[O-])C(=O)C(C(=O)[O-])=C(C=CCCCCC)CC.CCCCCC=CC(CC)=C(C(=O)[O-])C(=O)C(C(=O)[O-])=C(C=CCCCCC)CC.CCCCCC=CC(CC)=C(C(=O)[O-])C(=O)C(C(=O)[O-])=C(C=CCCCCC)CC.[Ru+3].[Ru+3]. The first kappa shape index (κ1) is 94.7. The van der Waals surface area contributed by atoms with Crippen LogP contribution < -0.4 is 30.6 Å². The van der Waals surface area contributed by atoms with Crippen LogP contribution in [0.25, 0.3) is 0 Å². The Bertz CT molecular complexity index is 2200. The Morgan fingerprint density at radius 3 is 0.424 bits per heavy atom. The van der Waals surface area contributed by atoms with E-state index >= 15 is 0 Å². The molecule has 0 rings (SSSR count). The van der Waals surface area contributed by atoms with Crippen molar-refractivity contribution >= 4 is 53.2 Å². The van der Waals surface area contributed by atoms with Gasteiger partial charge in [-0.15, -0.1) is 0 Å². The number of hydrogen-bond donors (Lipinski definition) is 0. The van der Waals surface area contributed by atoms with E-state index in [1.54, 1.807) is 78.0 Å². The summed E-state index contributed by atoms with van der Waals surface area (Å²) in [6.45, 7) is 22.9. The molecule has 0 bridgehead atoms. The Morgan fingerprint density at radius 1 is 0.217 bits per heavy atom. The molecule has 2 radical (unpaired) electrons. The largest absolute Gasteiger partial charge is 3.00 e. The zero-order valence-electron chi connectivity index (χ0n) is 57.5. The average molecular weight is 1450 g/mol. The first-order chi connectivity index (χ1) is 43.0. The third-order valence-electron chi connectivity index (χ3n) is 14.6. The fourth-order valence-electron chi connectivity index (χ4n) is 9.29.